The molecule has 0 radical (unpaired) electrons. The van der Waals surface area contributed by atoms with Crippen molar-refractivity contribution in [3.63, 3.8) is 0 Å². The van der Waals surface area contributed by atoms with Gasteiger partial charge in [0.15, 0.2) is 0 Å². The number of hydrogen-bond acceptors (Lipinski definition) is 4. The second kappa shape index (κ2) is 5.91. The van der Waals surface area contributed by atoms with Crippen molar-refractivity contribution in [1.29, 1.82) is 0 Å². The number of aromatic amines is 1. The average Bonchev–Trinajstić information content (AvgIpc) is 3.01. The predicted molar refractivity (Wildman–Crippen MR) is 93.2 cm³/mol. The third-order valence-corrected chi connectivity index (χ3v) is 5.31. The van der Waals surface area contributed by atoms with E-state index in [1.165, 1.54) is 5.56 Å². The summed E-state index contributed by atoms with van der Waals surface area (Å²) in [6, 6.07) is 8.25. The van der Waals surface area contributed by atoms with Crippen molar-refractivity contribution in [2.75, 3.05) is 13.2 Å². The molecular formula is C18H18N2O2S. The Morgan fingerprint density at radius 3 is 2.70 bits per heavy atom. The Labute approximate surface area is 138 Å². The highest BCUT2D eigenvalue weighted by Gasteiger charge is 2.20. The van der Waals surface area contributed by atoms with E-state index in [0.717, 1.165) is 47.8 Å². The number of fused-ring (bicyclic) bond motifs is 1. The van der Waals surface area contributed by atoms with Crippen molar-refractivity contribution in [2.24, 2.45) is 0 Å². The molecule has 0 spiro atoms. The second-order valence-corrected chi connectivity index (χ2v) is 6.89. The molecule has 4 nitrogen and oxygen atoms in total. The Balaban J connectivity index is 1.80. The molecule has 1 aliphatic heterocycles. The van der Waals surface area contributed by atoms with Gasteiger partial charge in [-0.2, -0.15) is 0 Å². The fraction of sp³-hybridized carbons (Fsp3) is 0.333. The van der Waals surface area contributed by atoms with Crippen LogP contribution in [-0.2, 0) is 4.74 Å². The van der Waals surface area contributed by atoms with Crippen LogP contribution < -0.4 is 5.56 Å². The van der Waals surface area contributed by atoms with Crippen LogP contribution in [-0.4, -0.2) is 23.2 Å². The van der Waals surface area contributed by atoms with Gasteiger partial charge in [0, 0.05) is 30.1 Å². The van der Waals surface area contributed by atoms with Crippen LogP contribution in [0.15, 0.2) is 34.4 Å². The molecule has 1 aromatic carbocycles. The summed E-state index contributed by atoms with van der Waals surface area (Å²) in [5, 5.41) is 2.74. The lowest BCUT2D eigenvalue weighted by molar-refractivity contribution is 0.0836. The molecule has 0 amide bonds. The number of aryl methyl sites for hydroxylation is 1. The molecule has 1 N–H and O–H groups in total. The van der Waals surface area contributed by atoms with Gasteiger partial charge in [0.2, 0.25) is 0 Å². The normalized spacial score (nSPS) is 16.0. The van der Waals surface area contributed by atoms with Crippen LogP contribution in [0.25, 0.3) is 21.3 Å². The molecule has 0 saturated carbocycles. The maximum atomic E-state index is 12.6. The number of nitrogens with zero attached hydrogens (tertiary/aromatic N) is 1. The number of benzene rings is 1. The summed E-state index contributed by atoms with van der Waals surface area (Å²) in [6.45, 7) is 3.54. The molecule has 0 aliphatic carbocycles. The van der Waals surface area contributed by atoms with E-state index >= 15 is 0 Å². The third kappa shape index (κ3) is 2.71. The third-order valence-electron chi connectivity index (χ3n) is 4.43. The van der Waals surface area contributed by atoms with Crippen molar-refractivity contribution >= 4 is 21.6 Å². The van der Waals surface area contributed by atoms with E-state index in [1.807, 2.05) is 5.38 Å². The summed E-state index contributed by atoms with van der Waals surface area (Å²) in [5.41, 5.74) is 3.21. The summed E-state index contributed by atoms with van der Waals surface area (Å²) >= 11 is 1.54. The Kier molecular flexibility index (Phi) is 3.75. The molecule has 1 saturated heterocycles. The standard InChI is InChI=1S/C18H18N2O2S/c1-11-2-4-12(5-3-11)14-10-23-18-15(14)17(21)19-16(20-18)13-6-8-22-9-7-13/h2-5,10,13H,6-9H2,1H3,(H,19,20,21). The first-order valence-electron chi connectivity index (χ1n) is 7.88. The molecule has 118 valence electrons. The van der Waals surface area contributed by atoms with Gasteiger partial charge in [-0.1, -0.05) is 29.8 Å². The van der Waals surface area contributed by atoms with Crippen LogP contribution in [0.1, 0.15) is 30.1 Å². The number of thiophene rings is 1. The second-order valence-electron chi connectivity index (χ2n) is 6.03. The molecular weight excluding hydrogens is 308 g/mol. The van der Waals surface area contributed by atoms with E-state index in [0.29, 0.717) is 11.3 Å². The smallest absolute Gasteiger partial charge is 0.260 e. The molecule has 0 atom stereocenters. The fourth-order valence-electron chi connectivity index (χ4n) is 3.08. The fourth-order valence-corrected chi connectivity index (χ4v) is 4.03. The average molecular weight is 326 g/mol. The Morgan fingerprint density at radius 2 is 1.96 bits per heavy atom. The molecule has 2 aromatic heterocycles. The molecule has 1 aliphatic rings. The number of hydrogen-bond donors (Lipinski definition) is 1. The molecule has 0 bridgehead atoms. The zero-order valence-electron chi connectivity index (χ0n) is 13.0. The van der Waals surface area contributed by atoms with Gasteiger partial charge in [-0.05, 0) is 25.3 Å². The van der Waals surface area contributed by atoms with Gasteiger partial charge in [-0.15, -0.1) is 11.3 Å². The van der Waals surface area contributed by atoms with Crippen molar-refractivity contribution in [3.05, 3.63) is 51.4 Å². The number of ether oxygens (including phenoxy) is 1. The lowest BCUT2D eigenvalue weighted by Crippen LogP contribution is -2.20. The van der Waals surface area contributed by atoms with Crippen LogP contribution >= 0.6 is 11.3 Å². The SMILES string of the molecule is Cc1ccc(-c2csc3nc(C4CCOCC4)[nH]c(=O)c23)cc1. The minimum Gasteiger partial charge on any atom is -0.381 e. The van der Waals surface area contributed by atoms with Crippen LogP contribution in [0.4, 0.5) is 0 Å². The molecule has 3 heterocycles. The van der Waals surface area contributed by atoms with Crippen LogP contribution in [0.3, 0.4) is 0 Å². The first kappa shape index (κ1) is 14.6. The van der Waals surface area contributed by atoms with Crippen LogP contribution in [0, 0.1) is 6.92 Å². The number of nitrogens with one attached hydrogen (secondary N) is 1. The quantitative estimate of drug-likeness (QED) is 0.778. The summed E-state index contributed by atoms with van der Waals surface area (Å²) in [5.74, 6) is 1.11. The lowest BCUT2D eigenvalue weighted by atomic mass is 9.99. The highest BCUT2D eigenvalue weighted by molar-refractivity contribution is 7.17. The maximum Gasteiger partial charge on any atom is 0.260 e. The van der Waals surface area contributed by atoms with Crippen molar-refractivity contribution < 1.29 is 4.74 Å². The summed E-state index contributed by atoms with van der Waals surface area (Å²) in [4.78, 5) is 21.2. The first-order valence-corrected chi connectivity index (χ1v) is 8.76. The maximum absolute atomic E-state index is 12.6. The van der Waals surface area contributed by atoms with Gasteiger partial charge in [-0.25, -0.2) is 4.98 Å². The Bertz CT molecular complexity index is 890. The molecule has 1 fully saturated rings. The summed E-state index contributed by atoms with van der Waals surface area (Å²) < 4.78 is 5.39. The van der Waals surface area contributed by atoms with Crippen LogP contribution in [0.2, 0.25) is 0 Å². The largest absolute Gasteiger partial charge is 0.381 e. The lowest BCUT2D eigenvalue weighted by Gasteiger charge is -2.20. The topological polar surface area (TPSA) is 55.0 Å². The van der Waals surface area contributed by atoms with Crippen molar-refractivity contribution in [1.82, 2.24) is 9.97 Å². The van der Waals surface area contributed by atoms with E-state index < -0.39 is 0 Å². The number of aromatic nitrogens is 2. The van der Waals surface area contributed by atoms with Gasteiger partial charge in [0.25, 0.3) is 5.56 Å². The van der Waals surface area contributed by atoms with E-state index in [1.54, 1.807) is 11.3 Å². The van der Waals surface area contributed by atoms with E-state index in [4.69, 9.17) is 9.72 Å². The van der Waals surface area contributed by atoms with E-state index in [2.05, 4.69) is 36.2 Å². The number of rotatable bonds is 2. The molecule has 0 unspecified atom stereocenters. The van der Waals surface area contributed by atoms with E-state index in [-0.39, 0.29) is 5.56 Å². The zero-order valence-corrected chi connectivity index (χ0v) is 13.8. The molecule has 5 heteroatoms. The molecule has 4 rings (SSSR count). The van der Waals surface area contributed by atoms with Crippen molar-refractivity contribution in [2.45, 2.75) is 25.7 Å². The van der Waals surface area contributed by atoms with Gasteiger partial charge in [0.1, 0.15) is 10.7 Å². The summed E-state index contributed by atoms with van der Waals surface area (Å²) in [7, 11) is 0. The van der Waals surface area contributed by atoms with Gasteiger partial charge in [-0.3, -0.25) is 4.79 Å². The Hall–Kier alpha value is -1.98. The minimum absolute atomic E-state index is 0.0340. The first-order chi connectivity index (χ1) is 11.2. The monoisotopic (exact) mass is 326 g/mol. The molecule has 23 heavy (non-hydrogen) atoms. The highest BCUT2D eigenvalue weighted by atomic mass is 32.1. The van der Waals surface area contributed by atoms with Gasteiger partial charge >= 0.3 is 0 Å². The van der Waals surface area contributed by atoms with Crippen LogP contribution in [0.5, 0.6) is 0 Å². The zero-order chi connectivity index (χ0) is 15.8. The Morgan fingerprint density at radius 1 is 1.22 bits per heavy atom. The predicted octanol–water partition coefficient (Wildman–Crippen LogP) is 3.85. The van der Waals surface area contributed by atoms with Gasteiger partial charge in [0.05, 0.1) is 5.39 Å². The highest BCUT2D eigenvalue weighted by Crippen LogP contribution is 2.32. The van der Waals surface area contributed by atoms with Crippen molar-refractivity contribution in [3.8, 4) is 11.1 Å². The van der Waals surface area contributed by atoms with E-state index in [9.17, 15) is 4.79 Å². The number of H-pyrrole nitrogens is 1. The summed E-state index contributed by atoms with van der Waals surface area (Å²) in [6.07, 6.45) is 1.84. The minimum atomic E-state index is -0.0340. The van der Waals surface area contributed by atoms with Gasteiger partial charge < -0.3 is 9.72 Å². The molecule has 3 aromatic rings.